The molecule has 0 aliphatic rings. The summed E-state index contributed by atoms with van der Waals surface area (Å²) in [4.78, 5) is 12.8. The fourth-order valence-electron chi connectivity index (χ4n) is 3.22. The quantitative estimate of drug-likeness (QED) is 0.468. The molecule has 0 fully saturated rings. The van der Waals surface area contributed by atoms with Crippen LogP contribution in [0.2, 0.25) is 0 Å². The second kappa shape index (κ2) is 8.07. The van der Waals surface area contributed by atoms with E-state index in [1.54, 1.807) is 42.5 Å². The van der Waals surface area contributed by atoms with Crippen molar-refractivity contribution in [2.45, 2.75) is 12.7 Å². The molecule has 28 heavy (non-hydrogen) atoms. The van der Waals surface area contributed by atoms with E-state index in [9.17, 15) is 9.90 Å². The van der Waals surface area contributed by atoms with Crippen LogP contribution in [0.3, 0.4) is 0 Å². The first-order valence-corrected chi connectivity index (χ1v) is 9.19. The molecule has 1 atom stereocenters. The minimum Gasteiger partial charge on any atom is -0.488 e. The molecule has 0 heterocycles. The number of aliphatic hydroxyl groups is 1. The van der Waals surface area contributed by atoms with Gasteiger partial charge in [0.2, 0.25) is 0 Å². The average molecular weight is 368 g/mol. The van der Waals surface area contributed by atoms with E-state index < -0.39 is 6.10 Å². The third kappa shape index (κ3) is 3.80. The minimum atomic E-state index is -1.22. The van der Waals surface area contributed by atoms with Crippen LogP contribution in [0.25, 0.3) is 10.8 Å². The van der Waals surface area contributed by atoms with Crippen molar-refractivity contribution in [1.29, 1.82) is 0 Å². The number of carbonyl (C=O) groups is 1. The Hall–Kier alpha value is -3.43. The number of carbonyl (C=O) groups excluding carboxylic acids is 1. The van der Waals surface area contributed by atoms with Gasteiger partial charge in [-0.15, -0.1) is 0 Å². The lowest BCUT2D eigenvalue weighted by molar-refractivity contribution is 0.0743. The predicted octanol–water partition coefficient (Wildman–Crippen LogP) is 5.34. The van der Waals surface area contributed by atoms with Crippen LogP contribution in [0, 0.1) is 0 Å². The number of para-hydroxylation sites is 1. The summed E-state index contributed by atoms with van der Waals surface area (Å²) in [5.41, 5.74) is 1.96. The van der Waals surface area contributed by atoms with Crippen LogP contribution in [0.1, 0.15) is 27.6 Å². The molecule has 0 spiro atoms. The Morgan fingerprint density at radius 2 is 1.46 bits per heavy atom. The van der Waals surface area contributed by atoms with Gasteiger partial charge >= 0.3 is 0 Å². The maximum atomic E-state index is 12.8. The highest BCUT2D eigenvalue weighted by molar-refractivity contribution is 6.02. The first-order chi connectivity index (χ1) is 13.7. The number of benzene rings is 4. The first kappa shape index (κ1) is 18.0. The molecular weight excluding hydrogens is 348 g/mol. The average Bonchev–Trinajstić information content (AvgIpc) is 2.77. The third-order valence-corrected chi connectivity index (χ3v) is 4.72. The van der Waals surface area contributed by atoms with Crippen LogP contribution in [0.5, 0.6) is 5.75 Å². The number of Topliss-reactive ketones (excluding diaryl/α,β-unsaturated/α-hetero) is 1. The molecule has 0 aliphatic carbocycles. The second-order valence-corrected chi connectivity index (χ2v) is 6.64. The van der Waals surface area contributed by atoms with E-state index in [0.29, 0.717) is 23.5 Å². The second-order valence-electron chi connectivity index (χ2n) is 6.64. The summed E-state index contributed by atoms with van der Waals surface area (Å²) in [7, 11) is 0. The molecule has 0 bridgehead atoms. The van der Waals surface area contributed by atoms with Crippen molar-refractivity contribution in [2.24, 2.45) is 0 Å². The van der Waals surface area contributed by atoms with Crippen LogP contribution in [0.4, 0.5) is 0 Å². The molecular formula is C25H20O3. The van der Waals surface area contributed by atoms with Crippen LogP contribution in [-0.4, -0.2) is 10.9 Å². The van der Waals surface area contributed by atoms with E-state index in [1.165, 1.54) is 5.39 Å². The molecule has 4 aromatic rings. The normalized spacial score (nSPS) is 11.9. The number of hydrogen-bond acceptors (Lipinski definition) is 3. The SMILES string of the molecule is O=C(c1ccccc1OCc1ccc2ccccc2c1)C(O)c1ccccc1. The van der Waals surface area contributed by atoms with Crippen molar-refractivity contribution in [3.05, 3.63) is 114 Å². The fourth-order valence-corrected chi connectivity index (χ4v) is 3.22. The van der Waals surface area contributed by atoms with Gasteiger partial charge in [-0.05, 0) is 40.1 Å². The number of rotatable bonds is 6. The van der Waals surface area contributed by atoms with Crippen molar-refractivity contribution >= 4 is 16.6 Å². The molecule has 0 amide bonds. The standard InChI is InChI=1S/C25H20O3/c26-24(20-9-2-1-3-10-20)25(27)22-12-6-7-13-23(22)28-17-18-14-15-19-8-4-5-11-21(19)16-18/h1-16,24,26H,17H2. The molecule has 3 heteroatoms. The Balaban J connectivity index is 1.54. The minimum absolute atomic E-state index is 0.344. The van der Waals surface area contributed by atoms with Crippen LogP contribution in [0.15, 0.2) is 97.1 Å². The summed E-state index contributed by atoms with van der Waals surface area (Å²) in [5, 5.41) is 12.8. The van der Waals surface area contributed by atoms with E-state index in [0.717, 1.165) is 10.9 Å². The van der Waals surface area contributed by atoms with Crippen LogP contribution >= 0.6 is 0 Å². The van der Waals surface area contributed by atoms with E-state index in [-0.39, 0.29) is 5.78 Å². The summed E-state index contributed by atoms with van der Waals surface area (Å²) < 4.78 is 5.95. The summed E-state index contributed by atoms with van der Waals surface area (Å²) in [6.07, 6.45) is -1.22. The van der Waals surface area contributed by atoms with E-state index >= 15 is 0 Å². The van der Waals surface area contributed by atoms with Gasteiger partial charge in [0.25, 0.3) is 0 Å². The first-order valence-electron chi connectivity index (χ1n) is 9.19. The predicted molar refractivity (Wildman–Crippen MR) is 110 cm³/mol. The maximum absolute atomic E-state index is 12.8. The van der Waals surface area contributed by atoms with Crippen molar-refractivity contribution < 1.29 is 14.6 Å². The fraction of sp³-hybridized carbons (Fsp3) is 0.0800. The highest BCUT2D eigenvalue weighted by Gasteiger charge is 2.22. The molecule has 1 N–H and O–H groups in total. The molecule has 0 saturated heterocycles. The lowest BCUT2D eigenvalue weighted by Gasteiger charge is -2.14. The van der Waals surface area contributed by atoms with Gasteiger partial charge in [0.1, 0.15) is 18.5 Å². The van der Waals surface area contributed by atoms with Gasteiger partial charge in [-0.25, -0.2) is 0 Å². The number of ketones is 1. The molecule has 3 nitrogen and oxygen atoms in total. The zero-order valence-corrected chi connectivity index (χ0v) is 15.3. The lowest BCUT2D eigenvalue weighted by atomic mass is 9.99. The monoisotopic (exact) mass is 368 g/mol. The van der Waals surface area contributed by atoms with Gasteiger partial charge in [-0.2, -0.15) is 0 Å². The molecule has 0 aromatic heterocycles. The van der Waals surface area contributed by atoms with E-state index in [2.05, 4.69) is 24.3 Å². The highest BCUT2D eigenvalue weighted by atomic mass is 16.5. The van der Waals surface area contributed by atoms with Gasteiger partial charge in [-0.1, -0.05) is 78.9 Å². The number of hydrogen-bond donors (Lipinski definition) is 1. The lowest BCUT2D eigenvalue weighted by Crippen LogP contribution is -2.13. The number of fused-ring (bicyclic) bond motifs is 1. The molecule has 4 aromatic carbocycles. The van der Waals surface area contributed by atoms with Gasteiger partial charge < -0.3 is 9.84 Å². The smallest absolute Gasteiger partial charge is 0.199 e. The van der Waals surface area contributed by atoms with Gasteiger partial charge in [0, 0.05) is 0 Å². The van der Waals surface area contributed by atoms with Crippen LogP contribution in [-0.2, 0) is 6.61 Å². The summed E-state index contributed by atoms with van der Waals surface area (Å²) in [6, 6.07) is 30.3. The summed E-state index contributed by atoms with van der Waals surface area (Å²) in [5.74, 6) is 0.0935. The Kier molecular flexibility index (Phi) is 5.18. The van der Waals surface area contributed by atoms with Crippen molar-refractivity contribution in [2.75, 3.05) is 0 Å². The Morgan fingerprint density at radius 3 is 2.29 bits per heavy atom. The van der Waals surface area contributed by atoms with Crippen LogP contribution < -0.4 is 4.74 Å². The number of aliphatic hydroxyl groups excluding tert-OH is 1. The molecule has 0 radical (unpaired) electrons. The Bertz CT molecular complexity index is 1100. The van der Waals surface area contributed by atoms with Gasteiger partial charge in [-0.3, -0.25) is 4.79 Å². The van der Waals surface area contributed by atoms with Gasteiger partial charge in [0.05, 0.1) is 5.56 Å². The number of ether oxygens (including phenoxy) is 1. The Morgan fingerprint density at radius 1 is 0.786 bits per heavy atom. The molecule has 0 saturated carbocycles. The topological polar surface area (TPSA) is 46.5 Å². The van der Waals surface area contributed by atoms with Crippen molar-refractivity contribution in [3.8, 4) is 5.75 Å². The zero-order chi connectivity index (χ0) is 19.3. The zero-order valence-electron chi connectivity index (χ0n) is 15.3. The highest BCUT2D eigenvalue weighted by Crippen LogP contribution is 2.26. The maximum Gasteiger partial charge on any atom is 0.199 e. The summed E-state index contributed by atoms with van der Waals surface area (Å²) >= 11 is 0. The van der Waals surface area contributed by atoms with Gasteiger partial charge in [0.15, 0.2) is 5.78 Å². The van der Waals surface area contributed by atoms with Crippen molar-refractivity contribution in [3.63, 3.8) is 0 Å². The third-order valence-electron chi connectivity index (χ3n) is 4.72. The molecule has 1 unspecified atom stereocenters. The Labute approximate surface area is 163 Å². The summed E-state index contributed by atoms with van der Waals surface area (Å²) in [6.45, 7) is 0.344. The van der Waals surface area contributed by atoms with E-state index in [1.807, 2.05) is 30.3 Å². The van der Waals surface area contributed by atoms with Crippen molar-refractivity contribution in [1.82, 2.24) is 0 Å². The molecule has 138 valence electrons. The van der Waals surface area contributed by atoms with E-state index in [4.69, 9.17) is 4.74 Å². The largest absolute Gasteiger partial charge is 0.488 e. The molecule has 4 rings (SSSR count). The molecule has 0 aliphatic heterocycles.